The molecule has 1 rings (SSSR count). The molecule has 0 aliphatic carbocycles. The zero-order valence-corrected chi connectivity index (χ0v) is 11.0. The topological polar surface area (TPSA) is 43.4 Å². The van der Waals surface area contributed by atoms with E-state index in [2.05, 4.69) is 31.9 Å². The van der Waals surface area contributed by atoms with Crippen molar-refractivity contribution in [2.24, 2.45) is 0 Å². The van der Waals surface area contributed by atoms with Crippen LogP contribution in [0.25, 0.3) is 0 Å². The number of halogens is 2. The Labute approximate surface area is 104 Å². The van der Waals surface area contributed by atoms with E-state index in [0.717, 1.165) is 0 Å². The number of carbonyl (C=O) groups excluding carboxylic acids is 2. The number of benzene rings is 1. The normalized spacial score (nSPS) is 10.1. The van der Waals surface area contributed by atoms with Gasteiger partial charge in [0.25, 0.3) is 0 Å². The van der Waals surface area contributed by atoms with Crippen LogP contribution in [0, 0.1) is 0 Å². The van der Waals surface area contributed by atoms with Gasteiger partial charge >= 0.3 is 5.97 Å². The molecule has 80 valence electrons. The average Bonchev–Trinajstić information content (AvgIpc) is 2.16. The molecule has 0 spiro atoms. The molecule has 0 atom stereocenters. The molecular weight excluding hydrogens is 328 g/mol. The van der Waals surface area contributed by atoms with Crippen LogP contribution in [0.2, 0.25) is 0 Å². The molecule has 0 N–H and O–H groups in total. The molecule has 0 aliphatic rings. The Morgan fingerprint density at radius 2 is 1.87 bits per heavy atom. The van der Waals surface area contributed by atoms with E-state index in [1.165, 1.54) is 6.92 Å². The summed E-state index contributed by atoms with van der Waals surface area (Å²) in [5.74, 6) is -0.360. The van der Waals surface area contributed by atoms with Crippen LogP contribution < -0.4 is 4.74 Å². The minimum Gasteiger partial charge on any atom is -0.426 e. The lowest BCUT2D eigenvalue weighted by Gasteiger charge is -2.07. The fourth-order valence-corrected chi connectivity index (χ4v) is 1.52. The Kier molecular flexibility index (Phi) is 4.47. The van der Waals surface area contributed by atoms with E-state index < -0.39 is 9.71 Å². The predicted molar refractivity (Wildman–Crippen MR) is 63.7 cm³/mol. The Balaban J connectivity index is 3.06. The molecule has 0 bridgehead atoms. The van der Waals surface area contributed by atoms with Gasteiger partial charge < -0.3 is 4.74 Å². The van der Waals surface area contributed by atoms with Crippen molar-refractivity contribution in [2.75, 3.05) is 0 Å². The van der Waals surface area contributed by atoms with Gasteiger partial charge in [-0.3, -0.25) is 9.59 Å². The summed E-state index contributed by atoms with van der Waals surface area (Å²) in [6.45, 7) is 1.29. The van der Waals surface area contributed by atoms with Crippen LogP contribution in [-0.4, -0.2) is 15.5 Å². The number of carbonyl (C=O) groups is 2. The van der Waals surface area contributed by atoms with E-state index in [4.69, 9.17) is 4.74 Å². The highest BCUT2D eigenvalue weighted by molar-refractivity contribution is 9.25. The molecule has 0 saturated carbocycles. The van der Waals surface area contributed by atoms with Gasteiger partial charge in [0, 0.05) is 6.92 Å². The van der Waals surface area contributed by atoms with Crippen molar-refractivity contribution in [3.63, 3.8) is 0 Å². The second-order valence-electron chi connectivity index (χ2n) is 2.75. The molecule has 5 heteroatoms. The number of hydrogen-bond acceptors (Lipinski definition) is 3. The SMILES string of the molecule is CC(=O)Oc1ccccc1C(=O)C(Br)Br. The summed E-state index contributed by atoms with van der Waals surface area (Å²) in [6, 6.07) is 6.60. The molecule has 0 fully saturated rings. The third kappa shape index (κ3) is 3.43. The van der Waals surface area contributed by atoms with Crippen LogP contribution in [0.4, 0.5) is 0 Å². The second-order valence-corrected chi connectivity index (χ2v) is 5.81. The third-order valence-corrected chi connectivity index (χ3v) is 2.44. The van der Waals surface area contributed by atoms with Crippen LogP contribution >= 0.6 is 31.9 Å². The van der Waals surface area contributed by atoms with Gasteiger partial charge in [-0.15, -0.1) is 0 Å². The Bertz CT molecular complexity index is 388. The number of rotatable bonds is 3. The van der Waals surface area contributed by atoms with Crippen LogP contribution in [0.1, 0.15) is 17.3 Å². The maximum absolute atomic E-state index is 11.7. The van der Waals surface area contributed by atoms with Gasteiger partial charge in [0.15, 0.2) is 5.78 Å². The maximum Gasteiger partial charge on any atom is 0.308 e. The molecule has 3 nitrogen and oxygen atoms in total. The smallest absolute Gasteiger partial charge is 0.308 e. The van der Waals surface area contributed by atoms with Gasteiger partial charge in [-0.1, -0.05) is 44.0 Å². The maximum atomic E-state index is 11.7. The molecular formula is C10H8Br2O3. The summed E-state index contributed by atoms with van der Waals surface area (Å²) in [5.41, 5.74) is 0.367. The summed E-state index contributed by atoms with van der Waals surface area (Å²) >= 11 is 6.21. The van der Waals surface area contributed by atoms with Gasteiger partial charge in [-0.05, 0) is 12.1 Å². The molecule has 1 aromatic carbocycles. The summed E-state index contributed by atoms with van der Waals surface area (Å²) in [7, 11) is 0. The molecule has 0 heterocycles. The highest BCUT2D eigenvalue weighted by Gasteiger charge is 2.18. The van der Waals surface area contributed by atoms with E-state index in [1.54, 1.807) is 24.3 Å². The summed E-state index contributed by atoms with van der Waals surface area (Å²) in [4.78, 5) is 22.5. The minimum absolute atomic E-state index is 0.188. The van der Waals surface area contributed by atoms with Gasteiger partial charge in [0.2, 0.25) is 0 Å². The van der Waals surface area contributed by atoms with E-state index in [9.17, 15) is 9.59 Å². The third-order valence-electron chi connectivity index (χ3n) is 1.60. The van der Waals surface area contributed by atoms with E-state index in [1.807, 2.05) is 0 Å². The van der Waals surface area contributed by atoms with Crippen molar-refractivity contribution in [3.8, 4) is 5.75 Å². The summed E-state index contributed by atoms with van der Waals surface area (Å²) in [5, 5.41) is 0. The lowest BCUT2D eigenvalue weighted by atomic mass is 10.1. The van der Waals surface area contributed by atoms with Gasteiger partial charge in [0.05, 0.1) is 5.56 Å². The van der Waals surface area contributed by atoms with Crippen LogP contribution in [0.3, 0.4) is 0 Å². The Morgan fingerprint density at radius 3 is 2.40 bits per heavy atom. The summed E-state index contributed by atoms with van der Waals surface area (Å²) in [6.07, 6.45) is 0. The number of ether oxygens (including phenoxy) is 1. The molecule has 1 aromatic rings. The highest BCUT2D eigenvalue weighted by atomic mass is 79.9. The van der Waals surface area contributed by atoms with Crippen LogP contribution in [0.15, 0.2) is 24.3 Å². The Hall–Kier alpha value is -0.680. The number of hydrogen-bond donors (Lipinski definition) is 0. The number of alkyl halides is 2. The predicted octanol–water partition coefficient (Wildman–Crippen LogP) is 2.91. The van der Waals surface area contributed by atoms with Crippen LogP contribution in [-0.2, 0) is 4.79 Å². The number of Topliss-reactive ketones (excluding diaryl/α,β-unsaturated/α-hetero) is 1. The second kappa shape index (κ2) is 5.42. The number of ketones is 1. The van der Waals surface area contributed by atoms with Crippen molar-refractivity contribution < 1.29 is 14.3 Å². The van der Waals surface area contributed by atoms with Crippen molar-refractivity contribution >= 4 is 43.6 Å². The molecule has 15 heavy (non-hydrogen) atoms. The van der Waals surface area contributed by atoms with Crippen molar-refractivity contribution in [2.45, 2.75) is 10.7 Å². The highest BCUT2D eigenvalue weighted by Crippen LogP contribution is 2.24. The monoisotopic (exact) mass is 334 g/mol. The zero-order chi connectivity index (χ0) is 11.4. The van der Waals surface area contributed by atoms with Crippen molar-refractivity contribution in [1.29, 1.82) is 0 Å². The van der Waals surface area contributed by atoms with E-state index in [0.29, 0.717) is 5.56 Å². The van der Waals surface area contributed by atoms with Gasteiger partial charge in [0.1, 0.15) is 9.49 Å². The quantitative estimate of drug-likeness (QED) is 0.369. The first-order chi connectivity index (χ1) is 7.02. The molecule has 0 aromatic heterocycles. The Morgan fingerprint density at radius 1 is 1.27 bits per heavy atom. The number of esters is 1. The minimum atomic E-state index is -0.485. The molecule has 0 amide bonds. The van der Waals surface area contributed by atoms with Crippen molar-refractivity contribution in [1.82, 2.24) is 0 Å². The van der Waals surface area contributed by atoms with Crippen molar-refractivity contribution in [3.05, 3.63) is 29.8 Å². The molecule has 0 unspecified atom stereocenters. The van der Waals surface area contributed by atoms with E-state index >= 15 is 0 Å². The largest absolute Gasteiger partial charge is 0.426 e. The molecule has 0 aliphatic heterocycles. The molecule has 0 radical (unpaired) electrons. The standard InChI is InChI=1S/C10H8Br2O3/c1-6(13)15-8-5-3-2-4-7(8)9(14)10(11)12/h2-5,10H,1H3. The summed E-state index contributed by atoms with van der Waals surface area (Å²) < 4.78 is 4.43. The van der Waals surface area contributed by atoms with E-state index in [-0.39, 0.29) is 11.5 Å². The average molecular weight is 336 g/mol. The first-order valence-corrected chi connectivity index (χ1v) is 5.95. The van der Waals surface area contributed by atoms with Crippen LogP contribution in [0.5, 0.6) is 5.75 Å². The van der Waals surface area contributed by atoms with Gasteiger partial charge in [-0.2, -0.15) is 0 Å². The molecule has 0 saturated heterocycles. The fraction of sp³-hybridized carbons (Fsp3) is 0.200. The number of para-hydroxylation sites is 1. The zero-order valence-electron chi connectivity index (χ0n) is 7.87. The first-order valence-electron chi connectivity index (χ1n) is 4.12. The van der Waals surface area contributed by atoms with Gasteiger partial charge in [-0.25, -0.2) is 0 Å². The lowest BCUT2D eigenvalue weighted by Crippen LogP contribution is -2.11. The lowest BCUT2D eigenvalue weighted by molar-refractivity contribution is -0.131. The fourth-order valence-electron chi connectivity index (χ4n) is 1.03. The first kappa shape index (κ1) is 12.4.